The Kier molecular flexibility index (Phi) is 8.39. The molecule has 0 bridgehead atoms. The van der Waals surface area contributed by atoms with Crippen molar-refractivity contribution in [1.82, 2.24) is 19.7 Å². The molecule has 1 N–H and O–H groups in total. The predicted octanol–water partition coefficient (Wildman–Crippen LogP) is 6.14. The highest BCUT2D eigenvalue weighted by Crippen LogP contribution is 2.27. The summed E-state index contributed by atoms with van der Waals surface area (Å²) in [5.41, 5.74) is 2.06. The smallest absolute Gasteiger partial charge is 0.236 e. The van der Waals surface area contributed by atoms with E-state index in [0.717, 1.165) is 21.8 Å². The molecule has 4 rings (SSSR count). The Labute approximate surface area is 216 Å². The average Bonchev–Trinajstić information content (AvgIpc) is 3.42. The first kappa shape index (κ1) is 24.5. The first-order valence-electron chi connectivity index (χ1n) is 10.4. The van der Waals surface area contributed by atoms with Crippen LogP contribution in [0, 0.1) is 0 Å². The number of thiazole rings is 1. The highest BCUT2D eigenvalue weighted by atomic mass is 35.5. The summed E-state index contributed by atoms with van der Waals surface area (Å²) in [4.78, 5) is 17.8. The summed E-state index contributed by atoms with van der Waals surface area (Å²) in [6, 6.07) is 15.4. The number of nitrogens with one attached hydrogen (secondary N) is 1. The number of anilines is 1. The van der Waals surface area contributed by atoms with Crippen molar-refractivity contribution in [3.8, 4) is 0 Å². The maximum atomic E-state index is 12.5. The molecule has 0 unspecified atom stereocenters. The molecule has 34 heavy (non-hydrogen) atoms. The second-order valence-corrected chi connectivity index (χ2v) is 10.2. The van der Waals surface area contributed by atoms with Crippen LogP contribution in [0.5, 0.6) is 0 Å². The molecule has 0 aliphatic heterocycles. The van der Waals surface area contributed by atoms with Gasteiger partial charge in [0.2, 0.25) is 5.91 Å². The van der Waals surface area contributed by atoms with Gasteiger partial charge in [-0.2, -0.15) is 0 Å². The van der Waals surface area contributed by atoms with Gasteiger partial charge in [0.15, 0.2) is 10.3 Å². The number of hydrogen-bond acceptors (Lipinski definition) is 6. The zero-order chi connectivity index (χ0) is 23.9. The maximum Gasteiger partial charge on any atom is 0.236 e. The summed E-state index contributed by atoms with van der Waals surface area (Å²) in [7, 11) is 0. The monoisotopic (exact) mass is 529 g/mol. The van der Waals surface area contributed by atoms with Gasteiger partial charge in [0.05, 0.1) is 5.75 Å². The molecular weight excluding hydrogens is 509 g/mol. The number of carbonyl (C=O) groups is 1. The molecule has 0 saturated heterocycles. The van der Waals surface area contributed by atoms with Gasteiger partial charge in [-0.3, -0.25) is 4.79 Å². The maximum absolute atomic E-state index is 12.5. The number of carbonyl (C=O) groups excluding carboxylic acids is 1. The number of thioether (sulfide) groups is 1. The van der Waals surface area contributed by atoms with E-state index in [0.29, 0.717) is 39.7 Å². The minimum absolute atomic E-state index is 0.163. The minimum Gasteiger partial charge on any atom is -0.302 e. The summed E-state index contributed by atoms with van der Waals surface area (Å²) in [6.07, 6.45) is 4.79. The van der Waals surface area contributed by atoms with Crippen LogP contribution < -0.4 is 5.32 Å². The van der Waals surface area contributed by atoms with Crippen LogP contribution in [0.3, 0.4) is 0 Å². The second kappa shape index (κ2) is 11.7. The molecule has 0 spiro atoms. The standard InChI is InChI=1S/C24H21Cl2N5OS2/c1-2-10-31-21(11-16-6-4-3-5-7-16)29-30-24(31)33-15-22(32)28-23-27-14-19(34-23)13-17-12-18(25)8-9-20(17)26/h2-9,12,14H,1,10-11,13,15H2,(H,27,28,32). The third-order valence-electron chi connectivity index (χ3n) is 4.81. The lowest BCUT2D eigenvalue weighted by molar-refractivity contribution is -0.113. The van der Waals surface area contributed by atoms with E-state index in [2.05, 4.69) is 39.2 Å². The van der Waals surface area contributed by atoms with Gasteiger partial charge in [-0.15, -0.1) is 28.1 Å². The summed E-state index contributed by atoms with van der Waals surface area (Å²) < 4.78 is 1.98. The third-order valence-corrected chi connectivity index (χ3v) is 7.30. The molecule has 0 radical (unpaired) electrons. The molecule has 174 valence electrons. The van der Waals surface area contributed by atoms with Crippen LogP contribution in [-0.4, -0.2) is 31.4 Å². The van der Waals surface area contributed by atoms with Gasteiger partial charge in [0, 0.05) is 40.5 Å². The summed E-state index contributed by atoms with van der Waals surface area (Å²) in [5, 5.41) is 14.0. The van der Waals surface area contributed by atoms with Crippen molar-refractivity contribution in [3.05, 3.63) is 99.3 Å². The molecule has 2 aromatic heterocycles. The van der Waals surface area contributed by atoms with Gasteiger partial charge >= 0.3 is 0 Å². The van der Waals surface area contributed by atoms with Gasteiger partial charge < -0.3 is 9.88 Å². The number of rotatable bonds is 10. The van der Waals surface area contributed by atoms with Gasteiger partial charge in [-0.1, -0.05) is 71.4 Å². The number of benzene rings is 2. The normalized spacial score (nSPS) is 10.9. The Morgan fingerprint density at radius 3 is 2.76 bits per heavy atom. The van der Waals surface area contributed by atoms with Crippen LogP contribution in [-0.2, 0) is 24.2 Å². The molecule has 1 amide bonds. The van der Waals surface area contributed by atoms with Crippen molar-refractivity contribution in [2.45, 2.75) is 24.5 Å². The van der Waals surface area contributed by atoms with E-state index < -0.39 is 0 Å². The van der Waals surface area contributed by atoms with E-state index in [-0.39, 0.29) is 11.7 Å². The Morgan fingerprint density at radius 2 is 1.97 bits per heavy atom. The molecule has 0 fully saturated rings. The fourth-order valence-electron chi connectivity index (χ4n) is 3.25. The average molecular weight is 531 g/mol. The highest BCUT2D eigenvalue weighted by Gasteiger charge is 2.15. The van der Waals surface area contributed by atoms with Crippen LogP contribution in [0.4, 0.5) is 5.13 Å². The van der Waals surface area contributed by atoms with Gasteiger partial charge in [0.25, 0.3) is 0 Å². The van der Waals surface area contributed by atoms with Crippen LogP contribution in [0.25, 0.3) is 0 Å². The SMILES string of the molecule is C=CCn1c(Cc2ccccc2)nnc1SCC(=O)Nc1ncc(Cc2cc(Cl)ccc2Cl)s1. The zero-order valence-electron chi connectivity index (χ0n) is 18.1. The quantitative estimate of drug-likeness (QED) is 0.197. The van der Waals surface area contributed by atoms with E-state index in [9.17, 15) is 4.79 Å². The Balaban J connectivity index is 1.35. The van der Waals surface area contributed by atoms with Crippen molar-refractivity contribution in [3.63, 3.8) is 0 Å². The molecular formula is C24H21Cl2N5OS2. The number of hydrogen-bond donors (Lipinski definition) is 1. The minimum atomic E-state index is -0.163. The molecule has 0 saturated carbocycles. The Morgan fingerprint density at radius 1 is 1.15 bits per heavy atom. The lowest BCUT2D eigenvalue weighted by Crippen LogP contribution is -2.14. The Hall–Kier alpha value is -2.65. The van der Waals surface area contributed by atoms with Gasteiger partial charge in [-0.25, -0.2) is 4.98 Å². The Bertz CT molecular complexity index is 1290. The van der Waals surface area contributed by atoms with Crippen LogP contribution >= 0.6 is 46.3 Å². The van der Waals surface area contributed by atoms with Gasteiger partial charge in [0.1, 0.15) is 5.82 Å². The molecule has 2 aromatic carbocycles. The molecule has 0 aliphatic rings. The first-order valence-corrected chi connectivity index (χ1v) is 13.0. The van der Waals surface area contributed by atoms with Crippen molar-refractivity contribution in [2.75, 3.05) is 11.1 Å². The fraction of sp³-hybridized carbons (Fsp3) is 0.167. The third kappa shape index (κ3) is 6.48. The molecule has 6 nitrogen and oxygen atoms in total. The summed E-state index contributed by atoms with van der Waals surface area (Å²) in [5.74, 6) is 0.859. The highest BCUT2D eigenvalue weighted by molar-refractivity contribution is 7.99. The van der Waals surface area contributed by atoms with Crippen molar-refractivity contribution < 1.29 is 4.79 Å². The van der Waals surface area contributed by atoms with E-state index in [1.807, 2.05) is 28.8 Å². The van der Waals surface area contributed by atoms with E-state index in [4.69, 9.17) is 23.2 Å². The van der Waals surface area contributed by atoms with Crippen molar-refractivity contribution in [2.24, 2.45) is 0 Å². The van der Waals surface area contributed by atoms with E-state index in [1.54, 1.807) is 24.4 Å². The molecule has 4 aromatic rings. The zero-order valence-corrected chi connectivity index (χ0v) is 21.2. The van der Waals surface area contributed by atoms with Crippen LogP contribution in [0.2, 0.25) is 10.0 Å². The van der Waals surface area contributed by atoms with E-state index in [1.165, 1.54) is 23.1 Å². The molecule has 2 heterocycles. The van der Waals surface area contributed by atoms with Crippen molar-refractivity contribution in [1.29, 1.82) is 0 Å². The number of amides is 1. The lowest BCUT2D eigenvalue weighted by atomic mass is 10.1. The summed E-state index contributed by atoms with van der Waals surface area (Å²) >= 11 is 15.1. The number of allylic oxidation sites excluding steroid dienone is 1. The number of halogens is 2. The van der Waals surface area contributed by atoms with Gasteiger partial charge in [-0.05, 0) is 29.3 Å². The van der Waals surface area contributed by atoms with Crippen LogP contribution in [0.15, 0.2) is 72.5 Å². The molecule has 0 atom stereocenters. The number of nitrogens with zero attached hydrogens (tertiary/aromatic N) is 4. The fourth-order valence-corrected chi connectivity index (χ4v) is 5.24. The molecule has 0 aliphatic carbocycles. The van der Waals surface area contributed by atoms with E-state index >= 15 is 0 Å². The predicted molar refractivity (Wildman–Crippen MR) is 140 cm³/mol. The summed E-state index contributed by atoms with van der Waals surface area (Å²) in [6.45, 7) is 4.40. The van der Waals surface area contributed by atoms with Crippen LogP contribution in [0.1, 0.15) is 21.8 Å². The van der Waals surface area contributed by atoms with Crippen molar-refractivity contribution >= 4 is 57.3 Å². The largest absolute Gasteiger partial charge is 0.302 e. The number of aromatic nitrogens is 4. The lowest BCUT2D eigenvalue weighted by Gasteiger charge is -2.07. The molecule has 10 heteroatoms. The first-order chi connectivity index (χ1) is 16.5. The second-order valence-electron chi connectivity index (χ2n) is 7.34. The topological polar surface area (TPSA) is 72.7 Å².